The van der Waals surface area contributed by atoms with Crippen molar-refractivity contribution in [1.82, 2.24) is 9.62 Å². The Labute approximate surface area is 175 Å². The molecule has 2 aromatic carbocycles. The van der Waals surface area contributed by atoms with Gasteiger partial charge >= 0.3 is 0 Å². The third kappa shape index (κ3) is 5.43. The molecule has 0 radical (unpaired) electrons. The van der Waals surface area contributed by atoms with Crippen LogP contribution in [0.1, 0.15) is 36.8 Å². The van der Waals surface area contributed by atoms with E-state index in [2.05, 4.69) is 21.2 Å². The first kappa shape index (κ1) is 21.0. The summed E-state index contributed by atoms with van der Waals surface area (Å²) in [5.74, 6) is -0.250. The highest BCUT2D eigenvalue weighted by Crippen LogP contribution is 2.22. The molecule has 1 saturated carbocycles. The van der Waals surface area contributed by atoms with Crippen LogP contribution in [-0.2, 0) is 21.4 Å². The van der Waals surface area contributed by atoms with Crippen LogP contribution in [-0.4, -0.2) is 31.2 Å². The molecule has 1 N–H and O–H groups in total. The molecular formula is C21H25BrN2O3S. The fraction of sp³-hybridized carbons (Fsp3) is 0.381. The van der Waals surface area contributed by atoms with Crippen molar-refractivity contribution >= 4 is 31.9 Å². The Morgan fingerprint density at radius 3 is 2.29 bits per heavy atom. The van der Waals surface area contributed by atoms with E-state index in [1.54, 1.807) is 24.3 Å². The normalized spacial score (nSPS) is 15.1. The Morgan fingerprint density at radius 2 is 1.68 bits per heavy atom. The predicted octanol–water partition coefficient (Wildman–Crippen LogP) is 4.01. The van der Waals surface area contributed by atoms with Gasteiger partial charge in [0.05, 0.1) is 11.4 Å². The highest BCUT2D eigenvalue weighted by molar-refractivity contribution is 9.10. The topological polar surface area (TPSA) is 66.5 Å². The van der Waals surface area contributed by atoms with E-state index < -0.39 is 10.0 Å². The summed E-state index contributed by atoms with van der Waals surface area (Å²) in [7, 11) is -3.80. The van der Waals surface area contributed by atoms with Gasteiger partial charge in [-0.15, -0.1) is 0 Å². The summed E-state index contributed by atoms with van der Waals surface area (Å²) < 4.78 is 28.5. The van der Waals surface area contributed by atoms with Gasteiger partial charge in [0.15, 0.2) is 0 Å². The maximum atomic E-state index is 13.2. The van der Waals surface area contributed by atoms with Gasteiger partial charge in [-0.25, -0.2) is 8.42 Å². The zero-order valence-corrected chi connectivity index (χ0v) is 18.3. The van der Waals surface area contributed by atoms with Crippen LogP contribution in [0.25, 0.3) is 0 Å². The molecule has 0 spiro atoms. The monoisotopic (exact) mass is 464 g/mol. The molecule has 0 atom stereocenters. The number of hydrogen-bond acceptors (Lipinski definition) is 3. The Kier molecular flexibility index (Phi) is 6.91. The van der Waals surface area contributed by atoms with Gasteiger partial charge in [0, 0.05) is 17.1 Å². The lowest BCUT2D eigenvalue weighted by atomic mass is 10.1. The lowest BCUT2D eigenvalue weighted by Crippen LogP contribution is -2.43. The van der Waals surface area contributed by atoms with E-state index in [1.807, 2.05) is 31.2 Å². The van der Waals surface area contributed by atoms with Crippen LogP contribution in [0.15, 0.2) is 57.9 Å². The van der Waals surface area contributed by atoms with Gasteiger partial charge in [-0.3, -0.25) is 4.79 Å². The van der Waals surface area contributed by atoms with Crippen molar-refractivity contribution in [2.24, 2.45) is 0 Å². The number of nitrogens with one attached hydrogen (secondary N) is 1. The van der Waals surface area contributed by atoms with Gasteiger partial charge in [0.2, 0.25) is 15.9 Å². The number of hydrogen-bond donors (Lipinski definition) is 1. The summed E-state index contributed by atoms with van der Waals surface area (Å²) in [4.78, 5) is 12.7. The predicted molar refractivity (Wildman–Crippen MR) is 113 cm³/mol. The summed E-state index contributed by atoms with van der Waals surface area (Å²) in [6.07, 6.45) is 4.14. The molecule has 3 rings (SSSR count). The quantitative estimate of drug-likeness (QED) is 0.672. The summed E-state index contributed by atoms with van der Waals surface area (Å²) in [6.45, 7) is 1.94. The molecule has 7 heteroatoms. The zero-order chi connectivity index (χ0) is 20.1. The summed E-state index contributed by atoms with van der Waals surface area (Å²) in [5.41, 5.74) is 1.95. The Hall–Kier alpha value is -1.70. The Morgan fingerprint density at radius 1 is 1.07 bits per heavy atom. The van der Waals surface area contributed by atoms with Gasteiger partial charge in [-0.1, -0.05) is 58.6 Å². The molecule has 1 amide bonds. The van der Waals surface area contributed by atoms with Crippen LogP contribution >= 0.6 is 15.9 Å². The number of aryl methyl sites for hydroxylation is 1. The smallest absolute Gasteiger partial charge is 0.243 e. The van der Waals surface area contributed by atoms with Crippen molar-refractivity contribution < 1.29 is 13.2 Å². The van der Waals surface area contributed by atoms with Gasteiger partial charge in [0.25, 0.3) is 0 Å². The van der Waals surface area contributed by atoms with Crippen LogP contribution in [0.5, 0.6) is 0 Å². The van der Waals surface area contributed by atoms with E-state index in [-0.39, 0.29) is 29.9 Å². The number of benzene rings is 2. The molecule has 1 aliphatic rings. The molecule has 2 aromatic rings. The number of rotatable bonds is 7. The second-order valence-electron chi connectivity index (χ2n) is 7.26. The minimum atomic E-state index is -3.80. The highest BCUT2D eigenvalue weighted by atomic mass is 79.9. The number of carbonyl (C=O) groups excluding carboxylic acids is 1. The van der Waals surface area contributed by atoms with Crippen LogP contribution < -0.4 is 5.32 Å². The molecule has 5 nitrogen and oxygen atoms in total. The third-order valence-electron chi connectivity index (χ3n) is 4.97. The molecule has 1 aliphatic carbocycles. The molecule has 150 valence electrons. The number of amides is 1. The van der Waals surface area contributed by atoms with Crippen LogP contribution in [0, 0.1) is 6.92 Å². The van der Waals surface area contributed by atoms with Gasteiger partial charge in [0.1, 0.15) is 0 Å². The molecule has 0 saturated heterocycles. The third-order valence-corrected chi connectivity index (χ3v) is 7.31. The van der Waals surface area contributed by atoms with Crippen molar-refractivity contribution in [3.63, 3.8) is 0 Å². The van der Waals surface area contributed by atoms with Crippen LogP contribution in [0.2, 0.25) is 0 Å². The lowest BCUT2D eigenvalue weighted by Gasteiger charge is -2.23. The van der Waals surface area contributed by atoms with Crippen LogP contribution in [0.3, 0.4) is 0 Å². The maximum Gasteiger partial charge on any atom is 0.243 e. The van der Waals surface area contributed by atoms with Crippen molar-refractivity contribution in [2.45, 2.75) is 50.1 Å². The molecule has 0 unspecified atom stereocenters. The second-order valence-corrected chi connectivity index (χ2v) is 10.1. The van der Waals surface area contributed by atoms with Crippen molar-refractivity contribution in [2.75, 3.05) is 6.54 Å². The van der Waals surface area contributed by atoms with Gasteiger partial charge in [-0.05, 0) is 49.6 Å². The first-order valence-corrected chi connectivity index (χ1v) is 11.7. The first-order chi connectivity index (χ1) is 13.3. The molecule has 0 aromatic heterocycles. The Balaban J connectivity index is 1.83. The minimum absolute atomic E-state index is 0.150. The van der Waals surface area contributed by atoms with E-state index >= 15 is 0 Å². The van der Waals surface area contributed by atoms with Gasteiger partial charge in [-0.2, -0.15) is 4.31 Å². The van der Waals surface area contributed by atoms with E-state index in [0.717, 1.165) is 41.3 Å². The number of carbonyl (C=O) groups is 1. The zero-order valence-electron chi connectivity index (χ0n) is 15.9. The largest absolute Gasteiger partial charge is 0.352 e. The number of sulfonamides is 1. The second kappa shape index (κ2) is 9.20. The summed E-state index contributed by atoms with van der Waals surface area (Å²) in [6, 6.07) is 14.3. The van der Waals surface area contributed by atoms with Crippen molar-refractivity contribution in [3.05, 3.63) is 64.1 Å². The minimum Gasteiger partial charge on any atom is -0.352 e. The molecule has 0 bridgehead atoms. The summed E-state index contributed by atoms with van der Waals surface area (Å²) >= 11 is 3.33. The molecular weight excluding hydrogens is 440 g/mol. The fourth-order valence-electron chi connectivity index (χ4n) is 3.38. The van der Waals surface area contributed by atoms with Crippen molar-refractivity contribution in [1.29, 1.82) is 0 Å². The standard InChI is InChI=1S/C21H25BrN2O3S/c1-16-6-8-17(9-7-16)14-24(15-21(25)23-19-4-2-3-5-19)28(26,27)20-12-10-18(22)11-13-20/h6-13,19H,2-5,14-15H2,1H3,(H,23,25). The van der Waals surface area contributed by atoms with E-state index in [9.17, 15) is 13.2 Å². The van der Waals surface area contributed by atoms with E-state index in [1.165, 1.54) is 4.31 Å². The summed E-state index contributed by atoms with van der Waals surface area (Å²) in [5, 5.41) is 2.98. The molecule has 28 heavy (non-hydrogen) atoms. The number of halogens is 1. The fourth-order valence-corrected chi connectivity index (χ4v) is 5.03. The first-order valence-electron chi connectivity index (χ1n) is 9.45. The number of nitrogens with zero attached hydrogens (tertiary/aromatic N) is 1. The SMILES string of the molecule is Cc1ccc(CN(CC(=O)NC2CCCC2)S(=O)(=O)c2ccc(Br)cc2)cc1. The maximum absolute atomic E-state index is 13.2. The van der Waals surface area contributed by atoms with E-state index in [0.29, 0.717) is 0 Å². The average Bonchev–Trinajstić information content (AvgIpc) is 3.16. The van der Waals surface area contributed by atoms with E-state index in [4.69, 9.17) is 0 Å². The van der Waals surface area contributed by atoms with Crippen LogP contribution in [0.4, 0.5) is 0 Å². The highest BCUT2D eigenvalue weighted by Gasteiger charge is 2.28. The molecule has 0 heterocycles. The molecule has 0 aliphatic heterocycles. The Bertz CT molecular complexity index is 906. The van der Waals surface area contributed by atoms with Gasteiger partial charge < -0.3 is 5.32 Å². The average molecular weight is 465 g/mol. The lowest BCUT2D eigenvalue weighted by molar-refractivity contribution is -0.122. The molecule has 1 fully saturated rings. The van der Waals surface area contributed by atoms with Crippen molar-refractivity contribution in [3.8, 4) is 0 Å².